The highest BCUT2D eigenvalue weighted by Gasteiger charge is 2.11. The van der Waals surface area contributed by atoms with Crippen molar-refractivity contribution in [3.63, 3.8) is 0 Å². The number of amides is 1. The molecule has 7 heteroatoms. The van der Waals surface area contributed by atoms with Crippen molar-refractivity contribution in [1.29, 1.82) is 5.26 Å². The first-order valence-electron chi connectivity index (χ1n) is 4.90. The van der Waals surface area contributed by atoms with Crippen molar-refractivity contribution < 1.29 is 18.3 Å². The number of nitriles is 1. The molecule has 0 aliphatic rings. The molecule has 1 aromatic rings. The molecule has 1 amide bonds. The molecule has 4 nitrogen and oxygen atoms in total. The maximum absolute atomic E-state index is 12.0. The predicted octanol–water partition coefficient (Wildman–Crippen LogP) is 2.84. The smallest absolute Gasteiger partial charge is 0.272 e. The second-order valence-electron chi connectivity index (χ2n) is 3.23. The molecule has 0 unspecified atom stereocenters. The van der Waals surface area contributed by atoms with E-state index in [9.17, 15) is 13.6 Å². The number of anilines is 1. The van der Waals surface area contributed by atoms with Gasteiger partial charge >= 0.3 is 0 Å². The summed E-state index contributed by atoms with van der Waals surface area (Å²) in [5, 5.41) is 11.0. The lowest BCUT2D eigenvalue weighted by molar-refractivity contribution is -0.115. The Hall–Kier alpha value is -1.87. The van der Waals surface area contributed by atoms with E-state index >= 15 is 0 Å². The van der Waals surface area contributed by atoms with E-state index in [1.807, 2.05) is 0 Å². The Labute approximate surface area is 107 Å². The molecular weight excluding hydrogens is 266 g/mol. The van der Waals surface area contributed by atoms with Crippen molar-refractivity contribution in [2.75, 3.05) is 11.9 Å². The molecule has 1 N–H and O–H groups in total. The molecule has 0 fully saturated rings. The van der Waals surface area contributed by atoms with Crippen LogP contribution in [0, 0.1) is 11.3 Å². The van der Waals surface area contributed by atoms with Gasteiger partial charge in [0.05, 0.1) is 11.8 Å². The molecule has 0 aromatic heterocycles. The summed E-state index contributed by atoms with van der Waals surface area (Å²) in [4.78, 5) is 11.2. The number of nitrogens with one attached hydrogen (secondary N) is 1. The zero-order chi connectivity index (χ0) is 13.5. The molecule has 0 bridgehead atoms. The lowest BCUT2D eigenvalue weighted by Gasteiger charge is -2.12. The Kier molecular flexibility index (Phi) is 5.33. The number of carbonyl (C=O) groups excluding carboxylic acids is 1. The zero-order valence-electron chi connectivity index (χ0n) is 9.12. The quantitative estimate of drug-likeness (QED) is 0.898. The Morgan fingerprint density at radius 3 is 2.89 bits per heavy atom. The van der Waals surface area contributed by atoms with Gasteiger partial charge in [-0.25, -0.2) is 8.78 Å². The van der Waals surface area contributed by atoms with Crippen LogP contribution in [0.2, 0.25) is 5.02 Å². The first-order chi connectivity index (χ1) is 8.52. The van der Waals surface area contributed by atoms with E-state index in [2.05, 4.69) is 5.32 Å². The fourth-order valence-corrected chi connectivity index (χ4v) is 1.32. The van der Waals surface area contributed by atoms with E-state index < -0.39 is 18.9 Å². The minimum Gasteiger partial charge on any atom is -0.485 e. The van der Waals surface area contributed by atoms with Crippen molar-refractivity contribution in [3.8, 4) is 11.8 Å². The van der Waals surface area contributed by atoms with Gasteiger partial charge in [0, 0.05) is 5.02 Å². The van der Waals surface area contributed by atoms with Gasteiger partial charge in [0.15, 0.2) is 0 Å². The zero-order valence-corrected chi connectivity index (χ0v) is 9.88. The second-order valence-corrected chi connectivity index (χ2v) is 3.66. The van der Waals surface area contributed by atoms with E-state index in [0.29, 0.717) is 5.02 Å². The Bertz CT molecular complexity index is 475. The van der Waals surface area contributed by atoms with Crippen LogP contribution < -0.4 is 10.1 Å². The maximum Gasteiger partial charge on any atom is 0.272 e. The van der Waals surface area contributed by atoms with Crippen molar-refractivity contribution in [1.82, 2.24) is 0 Å². The summed E-state index contributed by atoms with van der Waals surface area (Å²) in [6.07, 6.45) is -2.97. The van der Waals surface area contributed by atoms with Crippen LogP contribution in [0.3, 0.4) is 0 Å². The minimum absolute atomic E-state index is 0.0750. The highest BCUT2D eigenvalue weighted by molar-refractivity contribution is 6.31. The van der Waals surface area contributed by atoms with Crippen molar-refractivity contribution in [3.05, 3.63) is 23.2 Å². The van der Waals surface area contributed by atoms with E-state index in [4.69, 9.17) is 21.6 Å². The number of carbonyl (C=O) groups is 1. The third kappa shape index (κ3) is 4.55. The van der Waals surface area contributed by atoms with Crippen LogP contribution in [0.5, 0.6) is 5.75 Å². The summed E-state index contributed by atoms with van der Waals surface area (Å²) in [5.74, 6) is -0.493. The van der Waals surface area contributed by atoms with Crippen LogP contribution >= 0.6 is 11.6 Å². The molecule has 0 atom stereocenters. The molecular formula is C11H9ClF2N2O2. The summed E-state index contributed by atoms with van der Waals surface area (Å²) in [6.45, 7) is -0.789. The number of hydrogen-bond donors (Lipinski definition) is 1. The predicted molar refractivity (Wildman–Crippen MR) is 61.8 cm³/mol. The van der Waals surface area contributed by atoms with Crippen LogP contribution in [-0.2, 0) is 4.79 Å². The van der Waals surface area contributed by atoms with Gasteiger partial charge < -0.3 is 10.1 Å². The first-order valence-corrected chi connectivity index (χ1v) is 5.28. The number of halogens is 3. The van der Waals surface area contributed by atoms with Gasteiger partial charge in [0.25, 0.3) is 6.43 Å². The molecule has 0 radical (unpaired) electrons. The van der Waals surface area contributed by atoms with Crippen LogP contribution in [-0.4, -0.2) is 18.9 Å². The molecule has 1 rings (SSSR count). The van der Waals surface area contributed by atoms with E-state index in [1.54, 1.807) is 6.07 Å². The summed E-state index contributed by atoms with van der Waals surface area (Å²) in [5.41, 5.74) is 0.156. The minimum atomic E-state index is -2.62. The van der Waals surface area contributed by atoms with Gasteiger partial charge in [-0.15, -0.1) is 0 Å². The molecule has 18 heavy (non-hydrogen) atoms. The summed E-state index contributed by atoms with van der Waals surface area (Å²) >= 11 is 5.72. The maximum atomic E-state index is 12.0. The number of benzene rings is 1. The molecule has 0 aliphatic heterocycles. The van der Waals surface area contributed by atoms with E-state index in [0.717, 1.165) is 0 Å². The molecule has 96 valence electrons. The highest BCUT2D eigenvalue weighted by atomic mass is 35.5. The Morgan fingerprint density at radius 1 is 1.56 bits per heavy atom. The van der Waals surface area contributed by atoms with Crippen LogP contribution in [0.1, 0.15) is 6.42 Å². The largest absolute Gasteiger partial charge is 0.485 e. The van der Waals surface area contributed by atoms with Gasteiger partial charge in [-0.1, -0.05) is 11.6 Å². The van der Waals surface area contributed by atoms with Crippen molar-refractivity contribution in [2.24, 2.45) is 0 Å². The van der Waals surface area contributed by atoms with Gasteiger partial charge in [0.2, 0.25) is 5.91 Å². The molecule has 0 heterocycles. The number of nitrogens with zero attached hydrogens (tertiary/aromatic N) is 1. The van der Waals surface area contributed by atoms with E-state index in [1.165, 1.54) is 18.2 Å². The van der Waals surface area contributed by atoms with Crippen LogP contribution in [0.25, 0.3) is 0 Å². The SMILES string of the molecule is N#CCC(=O)Nc1cc(Cl)ccc1OCC(F)F. The first kappa shape index (κ1) is 14.2. The van der Waals surface area contributed by atoms with Gasteiger partial charge in [-0.2, -0.15) is 5.26 Å². The number of ether oxygens (including phenoxy) is 1. The summed E-state index contributed by atoms with van der Waals surface area (Å²) in [6, 6.07) is 5.84. The number of hydrogen-bond acceptors (Lipinski definition) is 3. The van der Waals surface area contributed by atoms with Gasteiger partial charge in [-0.05, 0) is 18.2 Å². The van der Waals surface area contributed by atoms with Crippen molar-refractivity contribution >= 4 is 23.2 Å². The van der Waals surface area contributed by atoms with Crippen LogP contribution in [0.4, 0.5) is 14.5 Å². The highest BCUT2D eigenvalue weighted by Crippen LogP contribution is 2.28. The fourth-order valence-electron chi connectivity index (χ4n) is 1.14. The van der Waals surface area contributed by atoms with Gasteiger partial charge in [0.1, 0.15) is 18.8 Å². The summed E-state index contributed by atoms with van der Waals surface area (Å²) < 4.78 is 28.9. The lowest BCUT2D eigenvalue weighted by atomic mass is 10.3. The third-order valence-corrected chi connectivity index (χ3v) is 2.06. The van der Waals surface area contributed by atoms with Crippen LogP contribution in [0.15, 0.2) is 18.2 Å². The number of alkyl halides is 2. The average Bonchev–Trinajstić information content (AvgIpc) is 2.28. The lowest BCUT2D eigenvalue weighted by Crippen LogP contribution is -2.13. The van der Waals surface area contributed by atoms with E-state index in [-0.39, 0.29) is 17.9 Å². The second kappa shape index (κ2) is 6.77. The monoisotopic (exact) mass is 274 g/mol. The van der Waals surface area contributed by atoms with Crippen molar-refractivity contribution in [2.45, 2.75) is 12.8 Å². The molecule has 0 spiro atoms. The standard InChI is InChI=1S/C11H9ClF2N2O2/c12-7-1-2-9(18-6-10(13)14)8(5-7)16-11(17)3-4-15/h1-2,5,10H,3,6H2,(H,16,17). The summed E-state index contributed by atoms with van der Waals surface area (Å²) in [7, 11) is 0. The Morgan fingerprint density at radius 2 is 2.28 bits per heavy atom. The fraction of sp³-hybridized carbons (Fsp3) is 0.273. The molecule has 0 aliphatic carbocycles. The molecule has 0 saturated heterocycles. The third-order valence-electron chi connectivity index (χ3n) is 1.82. The average molecular weight is 275 g/mol. The topological polar surface area (TPSA) is 62.1 Å². The Balaban J connectivity index is 2.83. The van der Waals surface area contributed by atoms with Gasteiger partial charge in [-0.3, -0.25) is 4.79 Å². The molecule has 1 aromatic carbocycles. The molecule has 0 saturated carbocycles. The normalized spacial score (nSPS) is 9.94. The number of rotatable bonds is 5.